The molecule has 0 heterocycles. The monoisotopic (exact) mass is 239 g/mol. The van der Waals surface area contributed by atoms with Gasteiger partial charge in [-0.15, -0.1) is 0 Å². The lowest BCUT2D eigenvalue weighted by atomic mass is 9.78. The summed E-state index contributed by atoms with van der Waals surface area (Å²) in [7, 11) is 0. The molecule has 0 fully saturated rings. The molecule has 3 N–H and O–H groups in total. The summed E-state index contributed by atoms with van der Waals surface area (Å²) in [6.07, 6.45) is 3.00. The number of rotatable bonds is 6. The van der Waals surface area contributed by atoms with Crippen LogP contribution in [-0.4, -0.2) is 30.3 Å². The summed E-state index contributed by atoms with van der Waals surface area (Å²) in [4.78, 5) is 0. The molecule has 0 radical (unpaired) electrons. The molecule has 0 aliphatic carbocycles. The molecule has 0 saturated heterocycles. The lowest BCUT2D eigenvalue weighted by Crippen LogP contribution is -2.39. The summed E-state index contributed by atoms with van der Waals surface area (Å²) in [5, 5.41) is 9.66. The van der Waals surface area contributed by atoms with Crippen LogP contribution in [0.3, 0.4) is 0 Å². The predicted octanol–water partition coefficient (Wildman–Crippen LogP) is 1.94. The normalized spacial score (nSPS) is 14.8. The number of hydrogen-bond donors (Lipinski definition) is 2. The van der Waals surface area contributed by atoms with E-state index in [1.165, 1.54) is 5.56 Å². The highest BCUT2D eigenvalue weighted by Crippen LogP contribution is 2.28. The Bertz CT molecular complexity index is 323. The Morgan fingerprint density at radius 3 is 2.69 bits per heavy atom. The molecule has 0 spiro atoms. The molecule has 0 aliphatic heterocycles. The van der Waals surface area contributed by atoms with Gasteiger partial charge in [0, 0.05) is 12.0 Å². The molecule has 2 nitrogen and oxygen atoms in total. The lowest BCUT2D eigenvalue weighted by Gasteiger charge is -2.31. The zero-order valence-corrected chi connectivity index (χ0v) is 10.9. The zero-order chi connectivity index (χ0) is 12.0. The van der Waals surface area contributed by atoms with Crippen LogP contribution in [0.1, 0.15) is 17.5 Å². The van der Waals surface area contributed by atoms with Crippen LogP contribution in [-0.2, 0) is 5.41 Å². The summed E-state index contributed by atoms with van der Waals surface area (Å²) >= 11 is 1.79. The second-order valence-electron chi connectivity index (χ2n) is 4.25. The van der Waals surface area contributed by atoms with Crippen molar-refractivity contribution in [2.75, 3.05) is 25.2 Å². The van der Waals surface area contributed by atoms with Crippen molar-refractivity contribution in [3.05, 3.63) is 35.4 Å². The topological polar surface area (TPSA) is 46.2 Å². The molecule has 0 amide bonds. The average molecular weight is 239 g/mol. The largest absolute Gasteiger partial charge is 0.395 e. The first-order valence-corrected chi connectivity index (χ1v) is 6.95. The van der Waals surface area contributed by atoms with E-state index in [1.54, 1.807) is 11.8 Å². The van der Waals surface area contributed by atoms with E-state index in [4.69, 9.17) is 5.73 Å². The van der Waals surface area contributed by atoms with Gasteiger partial charge in [0.05, 0.1) is 6.61 Å². The highest BCUT2D eigenvalue weighted by molar-refractivity contribution is 7.98. The van der Waals surface area contributed by atoms with Crippen LogP contribution in [0.25, 0.3) is 0 Å². The molecule has 1 aromatic rings. The minimum atomic E-state index is -0.269. The summed E-state index contributed by atoms with van der Waals surface area (Å²) in [6.45, 7) is 2.68. The summed E-state index contributed by atoms with van der Waals surface area (Å²) in [5.41, 5.74) is 7.98. The number of aryl methyl sites for hydroxylation is 1. The second-order valence-corrected chi connectivity index (χ2v) is 5.24. The molecule has 1 aromatic carbocycles. The van der Waals surface area contributed by atoms with Gasteiger partial charge in [0.25, 0.3) is 0 Å². The van der Waals surface area contributed by atoms with E-state index in [0.717, 1.165) is 17.7 Å². The van der Waals surface area contributed by atoms with E-state index in [0.29, 0.717) is 6.54 Å². The Balaban J connectivity index is 2.99. The molecule has 1 rings (SSSR count). The van der Waals surface area contributed by atoms with Crippen molar-refractivity contribution in [3.8, 4) is 0 Å². The smallest absolute Gasteiger partial charge is 0.0540 e. The number of aliphatic hydroxyl groups excluding tert-OH is 1. The molecule has 0 saturated carbocycles. The first-order chi connectivity index (χ1) is 7.68. The maximum absolute atomic E-state index is 9.66. The third kappa shape index (κ3) is 3.00. The van der Waals surface area contributed by atoms with Gasteiger partial charge < -0.3 is 10.8 Å². The fourth-order valence-electron chi connectivity index (χ4n) is 1.87. The van der Waals surface area contributed by atoms with Crippen LogP contribution in [0, 0.1) is 6.92 Å². The number of benzene rings is 1. The number of thioether (sulfide) groups is 1. The van der Waals surface area contributed by atoms with Crippen LogP contribution >= 0.6 is 11.8 Å². The molecular formula is C13H21NOS. The lowest BCUT2D eigenvalue weighted by molar-refractivity contribution is 0.193. The van der Waals surface area contributed by atoms with Gasteiger partial charge in [-0.05, 0) is 30.9 Å². The number of hydrogen-bond acceptors (Lipinski definition) is 3. The van der Waals surface area contributed by atoms with E-state index < -0.39 is 0 Å². The minimum Gasteiger partial charge on any atom is -0.395 e. The average Bonchev–Trinajstić information content (AvgIpc) is 2.31. The van der Waals surface area contributed by atoms with Gasteiger partial charge >= 0.3 is 0 Å². The predicted molar refractivity (Wildman–Crippen MR) is 72.0 cm³/mol. The molecule has 16 heavy (non-hydrogen) atoms. The van der Waals surface area contributed by atoms with Gasteiger partial charge in [0.1, 0.15) is 0 Å². The Morgan fingerprint density at radius 1 is 1.44 bits per heavy atom. The van der Waals surface area contributed by atoms with Gasteiger partial charge in [-0.1, -0.05) is 29.8 Å². The van der Waals surface area contributed by atoms with Crippen molar-refractivity contribution in [1.29, 1.82) is 0 Å². The van der Waals surface area contributed by atoms with Crippen LogP contribution < -0.4 is 5.73 Å². The van der Waals surface area contributed by atoms with Crippen LogP contribution in [0.15, 0.2) is 24.3 Å². The molecule has 1 unspecified atom stereocenters. The van der Waals surface area contributed by atoms with Crippen molar-refractivity contribution in [3.63, 3.8) is 0 Å². The van der Waals surface area contributed by atoms with E-state index >= 15 is 0 Å². The third-order valence-corrected chi connectivity index (χ3v) is 3.72. The van der Waals surface area contributed by atoms with Gasteiger partial charge in [-0.3, -0.25) is 0 Å². The SMILES string of the molecule is CSCCC(CN)(CO)c1cccc(C)c1. The van der Waals surface area contributed by atoms with E-state index in [-0.39, 0.29) is 12.0 Å². The quantitative estimate of drug-likeness (QED) is 0.797. The van der Waals surface area contributed by atoms with Crippen LogP contribution in [0.2, 0.25) is 0 Å². The Kier molecular flexibility index (Phi) is 5.32. The summed E-state index contributed by atoms with van der Waals surface area (Å²) in [6, 6.07) is 8.29. The number of nitrogens with two attached hydrogens (primary N) is 1. The van der Waals surface area contributed by atoms with Gasteiger partial charge in [-0.25, -0.2) is 0 Å². The van der Waals surface area contributed by atoms with E-state index in [1.807, 2.05) is 6.07 Å². The van der Waals surface area contributed by atoms with Crippen molar-refractivity contribution in [2.24, 2.45) is 5.73 Å². The van der Waals surface area contributed by atoms with Crippen LogP contribution in [0.4, 0.5) is 0 Å². The standard InChI is InChI=1S/C13H21NOS/c1-11-4-3-5-12(8-11)13(9-14,10-15)6-7-16-2/h3-5,8,15H,6-7,9-10,14H2,1-2H3. The van der Waals surface area contributed by atoms with Gasteiger partial charge in [0.15, 0.2) is 0 Å². The maximum Gasteiger partial charge on any atom is 0.0540 e. The zero-order valence-electron chi connectivity index (χ0n) is 10.1. The highest BCUT2D eigenvalue weighted by atomic mass is 32.2. The Labute approximate surface area is 102 Å². The van der Waals surface area contributed by atoms with Crippen LogP contribution in [0.5, 0.6) is 0 Å². The third-order valence-electron chi connectivity index (χ3n) is 3.11. The Morgan fingerprint density at radius 2 is 2.19 bits per heavy atom. The Hall–Kier alpha value is -0.510. The molecule has 90 valence electrons. The summed E-state index contributed by atoms with van der Waals surface area (Å²) in [5.74, 6) is 1.02. The van der Waals surface area contributed by atoms with Gasteiger partial charge in [-0.2, -0.15) is 11.8 Å². The molecule has 3 heteroatoms. The fraction of sp³-hybridized carbons (Fsp3) is 0.538. The fourth-order valence-corrected chi connectivity index (χ4v) is 2.47. The first-order valence-electron chi connectivity index (χ1n) is 5.55. The summed E-state index contributed by atoms with van der Waals surface area (Å²) < 4.78 is 0. The van der Waals surface area contributed by atoms with E-state index in [9.17, 15) is 5.11 Å². The van der Waals surface area contributed by atoms with Crippen molar-refractivity contribution >= 4 is 11.8 Å². The second kappa shape index (κ2) is 6.28. The molecular weight excluding hydrogens is 218 g/mol. The molecule has 0 aromatic heterocycles. The molecule has 0 bridgehead atoms. The van der Waals surface area contributed by atoms with Crippen molar-refractivity contribution in [2.45, 2.75) is 18.8 Å². The van der Waals surface area contributed by atoms with E-state index in [2.05, 4.69) is 31.4 Å². The first kappa shape index (κ1) is 13.6. The van der Waals surface area contributed by atoms with Gasteiger partial charge in [0.2, 0.25) is 0 Å². The number of aliphatic hydroxyl groups is 1. The molecule has 1 atom stereocenters. The van der Waals surface area contributed by atoms with Crippen molar-refractivity contribution in [1.82, 2.24) is 0 Å². The van der Waals surface area contributed by atoms with Crippen molar-refractivity contribution < 1.29 is 5.11 Å². The minimum absolute atomic E-state index is 0.119. The highest BCUT2D eigenvalue weighted by Gasteiger charge is 2.29. The maximum atomic E-state index is 9.66. The molecule has 0 aliphatic rings.